The number of H-pyrrole nitrogens is 1. The summed E-state index contributed by atoms with van der Waals surface area (Å²) in [5, 5.41) is 12.0. The third kappa shape index (κ3) is 3.89. The lowest BCUT2D eigenvalue weighted by molar-refractivity contribution is 0.183. The molecule has 0 amide bonds. The van der Waals surface area contributed by atoms with E-state index in [-0.39, 0.29) is 16.7 Å². The van der Waals surface area contributed by atoms with E-state index in [0.29, 0.717) is 18.8 Å². The molecule has 0 aliphatic heterocycles. The maximum Gasteiger partial charge on any atom is 0.271 e. The molecule has 0 saturated heterocycles. The van der Waals surface area contributed by atoms with Crippen molar-refractivity contribution in [3.63, 3.8) is 0 Å². The van der Waals surface area contributed by atoms with Gasteiger partial charge in [-0.3, -0.25) is 4.79 Å². The van der Waals surface area contributed by atoms with E-state index < -0.39 is 0 Å². The molecule has 0 aliphatic rings. The normalized spacial score (nSPS) is 12.5. The molecule has 1 aromatic heterocycles. The largest absolute Gasteiger partial charge is 0.393 e. The molecule has 0 aromatic carbocycles. The maximum atomic E-state index is 11.1. The summed E-state index contributed by atoms with van der Waals surface area (Å²) in [6.07, 6.45) is 2.48. The first-order chi connectivity index (χ1) is 7.11. The van der Waals surface area contributed by atoms with Gasteiger partial charge in [-0.15, -0.1) is 0 Å². The second kappa shape index (κ2) is 5.72. The minimum absolute atomic E-state index is 0.0644. The smallest absolute Gasteiger partial charge is 0.271 e. The van der Waals surface area contributed by atoms with Gasteiger partial charge >= 0.3 is 0 Å². The van der Waals surface area contributed by atoms with Gasteiger partial charge in [-0.2, -0.15) is 0 Å². The van der Waals surface area contributed by atoms with Crippen LogP contribution in [0.5, 0.6) is 0 Å². The Hall–Kier alpha value is -1.07. The second-order valence-corrected chi connectivity index (χ2v) is 3.69. The Balaban J connectivity index is 2.44. The highest BCUT2D eigenvalue weighted by Crippen LogP contribution is 2.11. The average Bonchev–Trinajstić information content (AvgIpc) is 2.18. The van der Waals surface area contributed by atoms with Crippen LogP contribution in [-0.2, 0) is 0 Å². The summed E-state index contributed by atoms with van der Waals surface area (Å²) in [6.45, 7) is 2.36. The monoisotopic (exact) mass is 231 g/mol. The topological polar surface area (TPSA) is 78.0 Å². The molecular weight excluding hydrogens is 218 g/mol. The van der Waals surface area contributed by atoms with E-state index in [2.05, 4.69) is 15.3 Å². The number of halogens is 1. The quantitative estimate of drug-likeness (QED) is 0.661. The van der Waals surface area contributed by atoms with Crippen LogP contribution in [0.4, 0.5) is 5.82 Å². The standard InChI is InChI=1S/C9H14ClN3O2/c1-6(14)3-2-4-11-8-7(10)9(15)13-5-12-8/h5-6,14H,2-4H2,1H3,(H2,11,12,13,15). The Kier molecular flexibility index (Phi) is 4.58. The van der Waals surface area contributed by atoms with E-state index in [1.165, 1.54) is 6.33 Å². The summed E-state index contributed by atoms with van der Waals surface area (Å²) < 4.78 is 0. The Morgan fingerprint density at radius 3 is 3.13 bits per heavy atom. The van der Waals surface area contributed by atoms with Crippen molar-refractivity contribution in [3.8, 4) is 0 Å². The van der Waals surface area contributed by atoms with Crippen molar-refractivity contribution in [1.82, 2.24) is 9.97 Å². The number of nitrogens with one attached hydrogen (secondary N) is 2. The summed E-state index contributed by atoms with van der Waals surface area (Å²) in [7, 11) is 0. The molecule has 1 aromatic rings. The van der Waals surface area contributed by atoms with E-state index in [0.717, 1.165) is 6.42 Å². The number of aromatic nitrogens is 2. The Morgan fingerprint density at radius 1 is 1.73 bits per heavy atom. The van der Waals surface area contributed by atoms with Crippen LogP contribution in [0.25, 0.3) is 0 Å². The van der Waals surface area contributed by atoms with Gasteiger partial charge in [-0.1, -0.05) is 11.6 Å². The van der Waals surface area contributed by atoms with Gasteiger partial charge in [0.2, 0.25) is 0 Å². The fourth-order valence-corrected chi connectivity index (χ4v) is 1.28. The molecule has 0 fully saturated rings. The highest BCUT2D eigenvalue weighted by molar-refractivity contribution is 6.32. The van der Waals surface area contributed by atoms with Crippen molar-refractivity contribution in [2.24, 2.45) is 0 Å². The van der Waals surface area contributed by atoms with Crippen LogP contribution >= 0.6 is 11.6 Å². The zero-order valence-corrected chi connectivity index (χ0v) is 9.21. The molecule has 6 heteroatoms. The molecule has 3 N–H and O–H groups in total. The molecule has 1 rings (SSSR count). The molecule has 0 saturated carbocycles. The van der Waals surface area contributed by atoms with Crippen molar-refractivity contribution >= 4 is 17.4 Å². The second-order valence-electron chi connectivity index (χ2n) is 3.31. The minimum atomic E-state index is -0.357. The Bertz CT molecular complexity index is 365. The molecule has 84 valence electrons. The average molecular weight is 232 g/mol. The highest BCUT2D eigenvalue weighted by atomic mass is 35.5. The van der Waals surface area contributed by atoms with Crippen LogP contribution in [0.3, 0.4) is 0 Å². The Labute approximate surface area is 92.5 Å². The SMILES string of the molecule is CC(O)CCCNc1nc[nH]c(=O)c1Cl. The van der Waals surface area contributed by atoms with Gasteiger partial charge in [0.25, 0.3) is 5.56 Å². The van der Waals surface area contributed by atoms with Gasteiger partial charge in [0, 0.05) is 6.54 Å². The minimum Gasteiger partial charge on any atom is -0.393 e. The first-order valence-corrected chi connectivity index (χ1v) is 5.14. The van der Waals surface area contributed by atoms with E-state index in [4.69, 9.17) is 16.7 Å². The zero-order chi connectivity index (χ0) is 11.3. The fraction of sp³-hybridized carbons (Fsp3) is 0.556. The molecule has 5 nitrogen and oxygen atoms in total. The molecule has 1 heterocycles. The summed E-state index contributed by atoms with van der Waals surface area (Å²) in [6, 6.07) is 0. The number of hydrogen-bond donors (Lipinski definition) is 3. The van der Waals surface area contributed by atoms with Gasteiger partial charge < -0.3 is 15.4 Å². The van der Waals surface area contributed by atoms with Crippen molar-refractivity contribution in [3.05, 3.63) is 21.7 Å². The molecule has 1 unspecified atom stereocenters. The fourth-order valence-electron chi connectivity index (χ4n) is 1.11. The van der Waals surface area contributed by atoms with Crippen LogP contribution in [0.15, 0.2) is 11.1 Å². The lowest BCUT2D eigenvalue weighted by atomic mass is 10.2. The van der Waals surface area contributed by atoms with Crippen molar-refractivity contribution in [2.45, 2.75) is 25.9 Å². The molecule has 1 atom stereocenters. The molecule has 0 bridgehead atoms. The molecule has 15 heavy (non-hydrogen) atoms. The van der Waals surface area contributed by atoms with Crippen LogP contribution in [0.1, 0.15) is 19.8 Å². The summed E-state index contributed by atoms with van der Waals surface area (Å²) >= 11 is 5.72. The number of nitrogens with zero attached hydrogens (tertiary/aromatic N) is 1. The third-order valence-corrected chi connectivity index (χ3v) is 2.24. The van der Waals surface area contributed by atoms with Crippen LogP contribution in [-0.4, -0.2) is 27.7 Å². The zero-order valence-electron chi connectivity index (χ0n) is 8.46. The van der Waals surface area contributed by atoms with Crippen molar-refractivity contribution in [1.29, 1.82) is 0 Å². The summed E-state index contributed by atoms with van der Waals surface area (Å²) in [4.78, 5) is 17.3. The molecular formula is C9H14ClN3O2. The predicted octanol–water partition coefficient (Wildman–Crippen LogP) is 0.996. The predicted molar refractivity (Wildman–Crippen MR) is 59.3 cm³/mol. The van der Waals surface area contributed by atoms with Crippen LogP contribution in [0.2, 0.25) is 5.02 Å². The van der Waals surface area contributed by atoms with E-state index in [1.807, 2.05) is 0 Å². The van der Waals surface area contributed by atoms with Crippen LogP contribution in [0, 0.1) is 0 Å². The number of aliphatic hydroxyl groups is 1. The molecule has 0 radical (unpaired) electrons. The van der Waals surface area contributed by atoms with Gasteiger partial charge in [-0.25, -0.2) is 4.98 Å². The lowest BCUT2D eigenvalue weighted by Crippen LogP contribution is -2.13. The van der Waals surface area contributed by atoms with E-state index >= 15 is 0 Å². The highest BCUT2D eigenvalue weighted by Gasteiger charge is 2.04. The third-order valence-electron chi connectivity index (χ3n) is 1.89. The molecule has 0 aliphatic carbocycles. The van der Waals surface area contributed by atoms with E-state index in [9.17, 15) is 4.79 Å². The number of hydrogen-bond acceptors (Lipinski definition) is 4. The summed E-state index contributed by atoms with van der Waals surface area (Å²) in [5.41, 5.74) is -0.357. The first kappa shape index (κ1) is 12.0. The van der Waals surface area contributed by atoms with Gasteiger partial charge in [0.15, 0.2) is 5.82 Å². The van der Waals surface area contributed by atoms with Gasteiger partial charge in [-0.05, 0) is 19.8 Å². The summed E-state index contributed by atoms with van der Waals surface area (Å²) in [5.74, 6) is 0.381. The number of rotatable bonds is 5. The number of anilines is 1. The Morgan fingerprint density at radius 2 is 2.47 bits per heavy atom. The molecule has 0 spiro atoms. The maximum absolute atomic E-state index is 11.1. The van der Waals surface area contributed by atoms with Gasteiger partial charge in [0.05, 0.1) is 12.4 Å². The first-order valence-electron chi connectivity index (χ1n) is 4.76. The van der Waals surface area contributed by atoms with Gasteiger partial charge in [0.1, 0.15) is 5.02 Å². The number of aliphatic hydroxyl groups excluding tert-OH is 1. The number of aromatic amines is 1. The van der Waals surface area contributed by atoms with Crippen LogP contribution < -0.4 is 10.9 Å². The van der Waals surface area contributed by atoms with Crippen molar-refractivity contribution in [2.75, 3.05) is 11.9 Å². The van der Waals surface area contributed by atoms with Crippen molar-refractivity contribution < 1.29 is 5.11 Å². The lowest BCUT2D eigenvalue weighted by Gasteiger charge is -2.07. The van der Waals surface area contributed by atoms with E-state index in [1.54, 1.807) is 6.92 Å².